The fourth-order valence-corrected chi connectivity index (χ4v) is 4.63. The molecule has 0 aromatic heterocycles. The van der Waals surface area contributed by atoms with Crippen molar-refractivity contribution in [3.8, 4) is 5.75 Å². The molecular weight excluding hydrogens is 336 g/mol. The third-order valence-electron chi connectivity index (χ3n) is 5.68. The first-order valence-electron chi connectivity index (χ1n) is 8.99. The number of ether oxygens (including phenoxy) is 1. The van der Waals surface area contributed by atoms with Gasteiger partial charge in [-0.05, 0) is 37.6 Å². The maximum Gasteiger partial charge on any atom is 0.368 e. The van der Waals surface area contributed by atoms with Crippen molar-refractivity contribution in [1.82, 2.24) is 4.90 Å². The van der Waals surface area contributed by atoms with E-state index in [1.165, 1.54) is 12.0 Å². The molecule has 0 bridgehead atoms. The van der Waals surface area contributed by atoms with Gasteiger partial charge in [-0.15, -0.1) is 0 Å². The third-order valence-corrected chi connectivity index (χ3v) is 5.68. The number of amides is 2. The Morgan fingerprint density at radius 3 is 2.42 bits per heavy atom. The number of benzene rings is 1. The normalized spacial score (nSPS) is 30.6. The fraction of sp³-hybridized carbons (Fsp3) is 0.526. The summed E-state index contributed by atoms with van der Waals surface area (Å²) in [5, 5.41) is 11.4. The number of hydrogen-bond acceptors (Lipinski definition) is 5. The second kappa shape index (κ2) is 6.72. The standard InChI is InChI=1S/C19H24N2O5/c1-4-10-19(18(25)26-3)14-13(16(23)21(5-2)17(14)24)15(20-19)11-6-8-12(22)9-7-11/h6-9,13-15,20,22H,4-5,10H2,1-3H3/p+1/t13-,14-,15-,19-/m0/s1. The molecule has 2 amide bonds. The predicted octanol–water partition coefficient (Wildman–Crippen LogP) is 0.343. The second-order valence-electron chi connectivity index (χ2n) is 6.99. The summed E-state index contributed by atoms with van der Waals surface area (Å²) in [6.07, 6.45) is 1.14. The van der Waals surface area contributed by atoms with Crippen LogP contribution < -0.4 is 5.32 Å². The van der Waals surface area contributed by atoms with Gasteiger partial charge in [0, 0.05) is 18.5 Å². The van der Waals surface area contributed by atoms with Crippen LogP contribution in [0.25, 0.3) is 0 Å². The number of methoxy groups -OCH3 is 1. The molecule has 3 N–H and O–H groups in total. The SMILES string of the molecule is CCC[C@]1(C(=O)OC)[NH2+][C@@H](c2ccc(O)cc2)[C@H]2C(=O)N(CC)C(=O)[C@H]21. The Balaban J connectivity index is 2.13. The molecule has 3 rings (SSSR count). The van der Waals surface area contributed by atoms with Gasteiger partial charge in [0.25, 0.3) is 0 Å². The molecule has 0 saturated carbocycles. The molecule has 26 heavy (non-hydrogen) atoms. The van der Waals surface area contributed by atoms with Crippen molar-refractivity contribution in [2.24, 2.45) is 11.8 Å². The number of fused-ring (bicyclic) bond motifs is 1. The van der Waals surface area contributed by atoms with Crippen LogP contribution in [-0.4, -0.2) is 47.0 Å². The Morgan fingerprint density at radius 2 is 1.88 bits per heavy atom. The molecule has 1 aromatic rings. The number of nitrogens with zero attached hydrogens (tertiary/aromatic N) is 1. The number of carbonyl (C=O) groups is 3. The lowest BCUT2D eigenvalue weighted by Crippen LogP contribution is -2.98. The summed E-state index contributed by atoms with van der Waals surface area (Å²) in [4.78, 5) is 40.0. The minimum atomic E-state index is -1.10. The summed E-state index contributed by atoms with van der Waals surface area (Å²) in [6.45, 7) is 3.99. The minimum Gasteiger partial charge on any atom is -0.508 e. The molecule has 2 aliphatic heterocycles. The van der Waals surface area contributed by atoms with Gasteiger partial charge in [0.05, 0.1) is 7.11 Å². The molecule has 0 unspecified atom stereocenters. The summed E-state index contributed by atoms with van der Waals surface area (Å²) in [5.74, 6) is -2.22. The topological polar surface area (TPSA) is 101 Å². The Bertz CT molecular complexity index is 732. The number of esters is 1. The van der Waals surface area contributed by atoms with E-state index in [0.717, 1.165) is 5.56 Å². The first kappa shape index (κ1) is 18.4. The number of phenols is 1. The largest absolute Gasteiger partial charge is 0.508 e. The van der Waals surface area contributed by atoms with Crippen molar-refractivity contribution in [3.63, 3.8) is 0 Å². The summed E-state index contributed by atoms with van der Waals surface area (Å²) in [5.41, 5.74) is -0.299. The van der Waals surface area contributed by atoms with Crippen LogP contribution in [0.2, 0.25) is 0 Å². The third kappa shape index (κ3) is 2.49. The molecular formula is C19H25N2O5+. The molecule has 7 nitrogen and oxygen atoms in total. The highest BCUT2D eigenvalue weighted by Crippen LogP contribution is 2.46. The van der Waals surface area contributed by atoms with Crippen LogP contribution in [0.1, 0.15) is 38.3 Å². The molecule has 0 aliphatic carbocycles. The second-order valence-corrected chi connectivity index (χ2v) is 6.99. The molecule has 7 heteroatoms. The smallest absolute Gasteiger partial charge is 0.368 e. The lowest BCUT2D eigenvalue weighted by atomic mass is 9.77. The highest BCUT2D eigenvalue weighted by atomic mass is 16.5. The first-order chi connectivity index (χ1) is 12.4. The van der Waals surface area contributed by atoms with E-state index in [0.29, 0.717) is 12.8 Å². The number of nitrogens with two attached hydrogens (primary N) is 1. The summed E-state index contributed by atoms with van der Waals surface area (Å²) in [6, 6.07) is 6.20. The van der Waals surface area contributed by atoms with E-state index in [1.807, 2.05) is 12.2 Å². The quantitative estimate of drug-likeness (QED) is 0.582. The van der Waals surface area contributed by atoms with Crippen LogP contribution in [-0.2, 0) is 19.1 Å². The van der Waals surface area contributed by atoms with E-state index in [-0.39, 0.29) is 30.2 Å². The lowest BCUT2D eigenvalue weighted by Gasteiger charge is -2.28. The number of likely N-dealkylation sites (tertiary alicyclic amines) is 1. The highest BCUT2D eigenvalue weighted by molar-refractivity contribution is 6.08. The average molecular weight is 361 g/mol. The maximum atomic E-state index is 13.0. The van der Waals surface area contributed by atoms with Crippen LogP contribution >= 0.6 is 0 Å². The number of phenolic OH excluding ortho intramolecular Hbond substituents is 1. The molecule has 2 heterocycles. The van der Waals surface area contributed by atoms with Gasteiger partial charge in [0.2, 0.25) is 17.4 Å². The highest BCUT2D eigenvalue weighted by Gasteiger charge is 2.71. The molecule has 140 valence electrons. The van der Waals surface area contributed by atoms with Crippen molar-refractivity contribution in [2.45, 2.75) is 38.3 Å². The van der Waals surface area contributed by atoms with Gasteiger partial charge in [-0.25, -0.2) is 4.79 Å². The van der Waals surface area contributed by atoms with Gasteiger partial charge in [-0.2, -0.15) is 0 Å². The zero-order valence-corrected chi connectivity index (χ0v) is 15.3. The van der Waals surface area contributed by atoms with Gasteiger partial charge < -0.3 is 15.2 Å². The van der Waals surface area contributed by atoms with Gasteiger partial charge in [-0.1, -0.05) is 6.92 Å². The van der Waals surface area contributed by atoms with Crippen molar-refractivity contribution >= 4 is 17.8 Å². The average Bonchev–Trinajstić information content (AvgIpc) is 3.10. The molecule has 4 atom stereocenters. The monoisotopic (exact) mass is 361 g/mol. The number of aromatic hydroxyl groups is 1. The number of rotatable bonds is 5. The molecule has 2 saturated heterocycles. The lowest BCUT2D eigenvalue weighted by molar-refractivity contribution is -0.735. The minimum absolute atomic E-state index is 0.125. The van der Waals surface area contributed by atoms with Crippen molar-refractivity contribution < 1.29 is 29.5 Å². The van der Waals surface area contributed by atoms with Crippen molar-refractivity contribution in [2.75, 3.05) is 13.7 Å². The Morgan fingerprint density at radius 1 is 1.23 bits per heavy atom. The number of imide groups is 1. The van der Waals surface area contributed by atoms with Crippen LogP contribution in [0.3, 0.4) is 0 Å². The summed E-state index contributed by atoms with van der Waals surface area (Å²) < 4.78 is 5.06. The fourth-order valence-electron chi connectivity index (χ4n) is 4.63. The first-order valence-corrected chi connectivity index (χ1v) is 8.99. The van der Waals surface area contributed by atoms with E-state index in [9.17, 15) is 19.5 Å². The van der Waals surface area contributed by atoms with Crippen molar-refractivity contribution in [3.05, 3.63) is 29.8 Å². The maximum absolute atomic E-state index is 13.0. The van der Waals surface area contributed by atoms with Gasteiger partial charge in [0.1, 0.15) is 23.6 Å². The van der Waals surface area contributed by atoms with Crippen LogP contribution in [0.4, 0.5) is 0 Å². The molecule has 1 aromatic carbocycles. The summed E-state index contributed by atoms with van der Waals surface area (Å²) >= 11 is 0. The zero-order chi connectivity index (χ0) is 19.1. The molecule has 0 radical (unpaired) electrons. The van der Waals surface area contributed by atoms with Crippen molar-refractivity contribution in [1.29, 1.82) is 0 Å². The molecule has 2 aliphatic rings. The van der Waals surface area contributed by atoms with E-state index in [2.05, 4.69) is 0 Å². The zero-order valence-electron chi connectivity index (χ0n) is 15.3. The van der Waals surface area contributed by atoms with Gasteiger partial charge in [0.15, 0.2) is 0 Å². The van der Waals surface area contributed by atoms with Crippen LogP contribution in [0.15, 0.2) is 24.3 Å². The number of hydrogen-bond donors (Lipinski definition) is 2. The van der Waals surface area contributed by atoms with Gasteiger partial charge >= 0.3 is 5.97 Å². The van der Waals surface area contributed by atoms with E-state index >= 15 is 0 Å². The Kier molecular flexibility index (Phi) is 4.75. The van der Waals surface area contributed by atoms with Crippen LogP contribution in [0, 0.1) is 11.8 Å². The Labute approximate surface area is 152 Å². The summed E-state index contributed by atoms with van der Waals surface area (Å²) in [7, 11) is 1.31. The van der Waals surface area contributed by atoms with Crippen LogP contribution in [0.5, 0.6) is 5.75 Å². The van der Waals surface area contributed by atoms with E-state index in [1.54, 1.807) is 31.2 Å². The predicted molar refractivity (Wildman–Crippen MR) is 91.8 cm³/mol. The Hall–Kier alpha value is -2.41. The number of carbonyl (C=O) groups excluding carboxylic acids is 3. The van der Waals surface area contributed by atoms with Gasteiger partial charge in [-0.3, -0.25) is 14.5 Å². The van der Waals surface area contributed by atoms with E-state index < -0.39 is 23.3 Å². The molecule has 0 spiro atoms. The van der Waals surface area contributed by atoms with E-state index in [4.69, 9.17) is 4.74 Å². The molecule has 2 fully saturated rings. The number of quaternary nitrogens is 1.